The lowest BCUT2D eigenvalue weighted by Gasteiger charge is -2.08. The minimum atomic E-state index is -0.808. The first-order valence-electron chi connectivity index (χ1n) is 4.94. The summed E-state index contributed by atoms with van der Waals surface area (Å²) in [5.41, 5.74) is 0. The molecule has 0 radical (unpaired) electrons. The van der Waals surface area contributed by atoms with Crippen molar-refractivity contribution in [3.05, 3.63) is 0 Å². The maximum absolute atomic E-state index is 11.5. The maximum Gasteiger partial charge on any atom is 0.131 e. The molecule has 0 spiro atoms. The lowest BCUT2D eigenvalue weighted by Crippen LogP contribution is -2.17. The van der Waals surface area contributed by atoms with Crippen LogP contribution in [0.15, 0.2) is 0 Å². The molecule has 0 bridgehead atoms. The van der Waals surface area contributed by atoms with Gasteiger partial charge in [-0.2, -0.15) is 0 Å². The number of carbonyl (C=O) groups is 1. The van der Waals surface area contributed by atoms with Gasteiger partial charge in [-0.05, 0) is 13.3 Å². The largest absolute Gasteiger partial charge is 0.300 e. The van der Waals surface area contributed by atoms with Crippen molar-refractivity contribution in [3.63, 3.8) is 0 Å². The van der Waals surface area contributed by atoms with Crippen LogP contribution in [0, 0.1) is 0 Å². The van der Waals surface area contributed by atoms with Gasteiger partial charge in [-0.1, -0.05) is 26.7 Å². The van der Waals surface area contributed by atoms with E-state index in [-0.39, 0.29) is 11.0 Å². The van der Waals surface area contributed by atoms with Crippen molar-refractivity contribution in [2.24, 2.45) is 0 Å². The molecule has 2 nitrogen and oxygen atoms in total. The molecular weight excluding hydrogens is 184 g/mol. The molecule has 0 saturated heterocycles. The summed E-state index contributed by atoms with van der Waals surface area (Å²) in [7, 11) is -0.808. The Kier molecular flexibility index (Phi) is 7.14. The fourth-order valence-corrected chi connectivity index (χ4v) is 2.50. The highest BCUT2D eigenvalue weighted by Crippen LogP contribution is 2.05. The molecule has 0 aromatic carbocycles. The van der Waals surface area contributed by atoms with E-state index in [1.165, 1.54) is 0 Å². The van der Waals surface area contributed by atoms with E-state index in [9.17, 15) is 9.00 Å². The molecule has 0 aliphatic heterocycles. The standard InChI is InChI=1S/C10H20O2S/c1-4-5-6-7-13(12)10(3)8-9(2)11/h10H,4-8H2,1-3H3. The Labute approximate surface area is 83.6 Å². The van der Waals surface area contributed by atoms with E-state index in [2.05, 4.69) is 6.92 Å². The van der Waals surface area contributed by atoms with Crippen LogP contribution in [0.3, 0.4) is 0 Å². The monoisotopic (exact) mass is 204 g/mol. The Morgan fingerprint density at radius 1 is 1.38 bits per heavy atom. The summed E-state index contributed by atoms with van der Waals surface area (Å²) in [4.78, 5) is 10.8. The van der Waals surface area contributed by atoms with Crippen molar-refractivity contribution in [1.29, 1.82) is 0 Å². The van der Waals surface area contributed by atoms with Gasteiger partial charge < -0.3 is 0 Å². The van der Waals surface area contributed by atoms with Crippen molar-refractivity contribution in [2.45, 2.75) is 51.7 Å². The van der Waals surface area contributed by atoms with Gasteiger partial charge in [-0.3, -0.25) is 9.00 Å². The zero-order valence-electron chi connectivity index (χ0n) is 8.84. The number of hydrogen-bond donors (Lipinski definition) is 0. The zero-order valence-corrected chi connectivity index (χ0v) is 9.65. The molecule has 0 aromatic heterocycles. The summed E-state index contributed by atoms with van der Waals surface area (Å²) in [6, 6.07) is 0. The highest BCUT2D eigenvalue weighted by molar-refractivity contribution is 7.85. The number of hydrogen-bond acceptors (Lipinski definition) is 2. The van der Waals surface area contributed by atoms with Crippen molar-refractivity contribution in [2.75, 3.05) is 5.75 Å². The summed E-state index contributed by atoms with van der Waals surface area (Å²) >= 11 is 0. The molecule has 0 rings (SSSR count). The van der Waals surface area contributed by atoms with Crippen LogP contribution in [-0.4, -0.2) is 21.0 Å². The van der Waals surface area contributed by atoms with Crippen LogP contribution in [-0.2, 0) is 15.6 Å². The average Bonchev–Trinajstić information content (AvgIpc) is 2.03. The van der Waals surface area contributed by atoms with E-state index < -0.39 is 10.8 Å². The Bertz CT molecular complexity index is 178. The summed E-state index contributed by atoms with van der Waals surface area (Å²) in [5, 5.41) is 0.0364. The molecule has 3 heteroatoms. The smallest absolute Gasteiger partial charge is 0.131 e. The lowest BCUT2D eigenvalue weighted by atomic mass is 10.2. The molecule has 0 N–H and O–H groups in total. The fourth-order valence-electron chi connectivity index (χ4n) is 1.19. The topological polar surface area (TPSA) is 34.1 Å². The predicted octanol–water partition coefficient (Wildman–Crippen LogP) is 2.29. The summed E-state index contributed by atoms with van der Waals surface area (Å²) in [5.74, 6) is 0.888. The molecule has 13 heavy (non-hydrogen) atoms. The zero-order chi connectivity index (χ0) is 10.3. The van der Waals surface area contributed by atoms with Crippen LogP contribution < -0.4 is 0 Å². The van der Waals surface area contributed by atoms with Crippen molar-refractivity contribution in [1.82, 2.24) is 0 Å². The SMILES string of the molecule is CCCCCS(=O)C(C)CC(C)=O. The number of ketones is 1. The van der Waals surface area contributed by atoms with Crippen LogP contribution in [0.5, 0.6) is 0 Å². The second-order valence-electron chi connectivity index (χ2n) is 3.51. The highest BCUT2D eigenvalue weighted by Gasteiger charge is 2.12. The van der Waals surface area contributed by atoms with Gasteiger partial charge in [0.1, 0.15) is 5.78 Å². The van der Waals surface area contributed by atoms with Crippen LogP contribution in [0.25, 0.3) is 0 Å². The molecule has 78 valence electrons. The summed E-state index contributed by atoms with van der Waals surface area (Å²) in [6.45, 7) is 5.57. The molecule has 0 aromatic rings. The third kappa shape index (κ3) is 6.94. The second kappa shape index (κ2) is 7.25. The maximum atomic E-state index is 11.5. The van der Waals surface area contributed by atoms with Gasteiger partial charge in [0.05, 0.1) is 0 Å². The summed E-state index contributed by atoms with van der Waals surface area (Å²) in [6.07, 6.45) is 3.76. The predicted molar refractivity (Wildman–Crippen MR) is 57.3 cm³/mol. The fraction of sp³-hybridized carbons (Fsp3) is 0.900. The van der Waals surface area contributed by atoms with E-state index in [0.717, 1.165) is 25.0 Å². The first-order chi connectivity index (χ1) is 6.07. The van der Waals surface area contributed by atoms with Crippen LogP contribution in [0.1, 0.15) is 46.5 Å². The molecule has 2 unspecified atom stereocenters. The first-order valence-corrected chi connectivity index (χ1v) is 6.32. The number of unbranched alkanes of at least 4 members (excludes halogenated alkanes) is 2. The molecule has 0 heterocycles. The number of carbonyl (C=O) groups excluding carboxylic acids is 1. The van der Waals surface area contributed by atoms with E-state index in [1.54, 1.807) is 6.92 Å². The van der Waals surface area contributed by atoms with Crippen molar-refractivity contribution >= 4 is 16.6 Å². The Morgan fingerprint density at radius 3 is 2.46 bits per heavy atom. The quantitative estimate of drug-likeness (QED) is 0.596. The summed E-state index contributed by atoms with van der Waals surface area (Å²) < 4.78 is 11.5. The van der Waals surface area contributed by atoms with Crippen LogP contribution >= 0.6 is 0 Å². The minimum Gasteiger partial charge on any atom is -0.300 e. The first kappa shape index (κ1) is 12.8. The van der Waals surface area contributed by atoms with Crippen molar-refractivity contribution < 1.29 is 9.00 Å². The van der Waals surface area contributed by atoms with E-state index in [0.29, 0.717) is 6.42 Å². The number of Topliss-reactive ketones (excluding diaryl/α,β-unsaturated/α-hetero) is 1. The van der Waals surface area contributed by atoms with E-state index in [1.807, 2.05) is 6.92 Å². The third-order valence-corrected chi connectivity index (χ3v) is 3.73. The number of rotatable bonds is 7. The second-order valence-corrected chi connectivity index (χ2v) is 5.48. The van der Waals surface area contributed by atoms with Crippen LogP contribution in [0.4, 0.5) is 0 Å². The van der Waals surface area contributed by atoms with Gasteiger partial charge >= 0.3 is 0 Å². The van der Waals surface area contributed by atoms with E-state index >= 15 is 0 Å². The minimum absolute atomic E-state index is 0.0364. The van der Waals surface area contributed by atoms with Gasteiger partial charge in [0.15, 0.2) is 0 Å². The Morgan fingerprint density at radius 2 is 2.00 bits per heavy atom. The van der Waals surface area contributed by atoms with Gasteiger partial charge in [0.2, 0.25) is 0 Å². The van der Waals surface area contributed by atoms with Crippen molar-refractivity contribution in [3.8, 4) is 0 Å². The van der Waals surface area contributed by atoms with Gasteiger partial charge in [0, 0.05) is 28.2 Å². The molecule has 0 saturated carbocycles. The molecule has 0 aliphatic carbocycles. The average molecular weight is 204 g/mol. The van der Waals surface area contributed by atoms with E-state index in [4.69, 9.17) is 0 Å². The third-order valence-electron chi connectivity index (χ3n) is 1.97. The van der Waals surface area contributed by atoms with Gasteiger partial charge in [-0.25, -0.2) is 0 Å². The highest BCUT2D eigenvalue weighted by atomic mass is 32.2. The Balaban J connectivity index is 3.63. The lowest BCUT2D eigenvalue weighted by molar-refractivity contribution is -0.116. The Hall–Kier alpha value is -0.180. The molecular formula is C10H20O2S. The van der Waals surface area contributed by atoms with Gasteiger partial charge in [0.25, 0.3) is 0 Å². The molecule has 0 fully saturated rings. The molecule has 0 aliphatic rings. The van der Waals surface area contributed by atoms with Crippen LogP contribution in [0.2, 0.25) is 0 Å². The normalized spacial score (nSPS) is 15.3. The molecule has 0 amide bonds. The molecule has 2 atom stereocenters. The van der Waals surface area contributed by atoms with Gasteiger partial charge in [-0.15, -0.1) is 0 Å².